The molecule has 0 spiro atoms. The molecule has 116 valence electrons. The van der Waals surface area contributed by atoms with E-state index in [0.29, 0.717) is 6.04 Å². The van der Waals surface area contributed by atoms with Crippen LogP contribution in [-0.4, -0.2) is 46.9 Å². The molecular formula is C16H32N4. The van der Waals surface area contributed by atoms with Crippen LogP contribution in [0.4, 0.5) is 0 Å². The van der Waals surface area contributed by atoms with Gasteiger partial charge < -0.3 is 10.2 Å². The minimum Gasteiger partial charge on any atom is -0.312 e. The van der Waals surface area contributed by atoms with Gasteiger partial charge in [-0.3, -0.25) is 4.68 Å². The summed E-state index contributed by atoms with van der Waals surface area (Å²) in [6.07, 6.45) is 3.16. The molecule has 0 amide bonds. The predicted octanol–water partition coefficient (Wildman–Crippen LogP) is 2.23. The van der Waals surface area contributed by atoms with Crippen molar-refractivity contribution in [3.8, 4) is 0 Å². The van der Waals surface area contributed by atoms with E-state index in [0.717, 1.165) is 25.8 Å². The number of hydrogen-bond donors (Lipinski definition) is 1. The summed E-state index contributed by atoms with van der Waals surface area (Å²) in [5.41, 5.74) is 2.59. The van der Waals surface area contributed by atoms with Crippen molar-refractivity contribution >= 4 is 0 Å². The Labute approximate surface area is 124 Å². The van der Waals surface area contributed by atoms with Gasteiger partial charge in [0.1, 0.15) is 0 Å². The first-order valence-corrected chi connectivity index (χ1v) is 7.75. The van der Waals surface area contributed by atoms with Gasteiger partial charge in [-0.15, -0.1) is 0 Å². The molecule has 0 aromatic carbocycles. The maximum atomic E-state index is 4.56. The summed E-state index contributed by atoms with van der Waals surface area (Å²) in [7, 11) is 6.36. The summed E-state index contributed by atoms with van der Waals surface area (Å²) in [4.78, 5) is 2.30. The number of aromatic nitrogens is 2. The summed E-state index contributed by atoms with van der Waals surface area (Å²) in [6, 6.07) is 2.66. The monoisotopic (exact) mass is 280 g/mol. The Bertz CT molecular complexity index is 407. The Morgan fingerprint density at radius 3 is 2.45 bits per heavy atom. The van der Waals surface area contributed by atoms with Crippen molar-refractivity contribution in [1.82, 2.24) is 20.0 Å². The molecular weight excluding hydrogens is 248 g/mol. The first-order chi connectivity index (χ1) is 9.32. The number of hydrogen-bond acceptors (Lipinski definition) is 3. The molecule has 1 atom stereocenters. The van der Waals surface area contributed by atoms with Crippen molar-refractivity contribution in [2.45, 2.75) is 58.5 Å². The van der Waals surface area contributed by atoms with Gasteiger partial charge in [0, 0.05) is 30.7 Å². The smallest absolute Gasteiger partial charge is 0.0624 e. The van der Waals surface area contributed by atoms with E-state index in [9.17, 15) is 0 Å². The third-order valence-electron chi connectivity index (χ3n) is 4.45. The largest absolute Gasteiger partial charge is 0.312 e. The highest BCUT2D eigenvalue weighted by molar-refractivity contribution is 5.13. The normalized spacial score (nSPS) is 14.0. The summed E-state index contributed by atoms with van der Waals surface area (Å²) in [5, 5.41) is 8.28. The molecule has 4 heteroatoms. The maximum absolute atomic E-state index is 4.56. The lowest BCUT2D eigenvalue weighted by molar-refractivity contribution is 0.136. The lowest BCUT2D eigenvalue weighted by Crippen LogP contribution is -2.56. The summed E-state index contributed by atoms with van der Waals surface area (Å²) in [6.45, 7) is 10.0. The number of nitrogens with one attached hydrogen (secondary N) is 1. The second kappa shape index (κ2) is 7.23. The highest BCUT2D eigenvalue weighted by Crippen LogP contribution is 2.20. The highest BCUT2D eigenvalue weighted by atomic mass is 15.3. The van der Waals surface area contributed by atoms with Gasteiger partial charge in [-0.05, 0) is 53.4 Å². The first-order valence-electron chi connectivity index (χ1n) is 7.75. The molecule has 0 aliphatic heterocycles. The van der Waals surface area contributed by atoms with E-state index in [2.05, 4.69) is 63.2 Å². The fourth-order valence-electron chi connectivity index (χ4n) is 2.35. The fourth-order valence-corrected chi connectivity index (χ4v) is 2.35. The van der Waals surface area contributed by atoms with Crippen LogP contribution in [-0.2, 0) is 19.9 Å². The van der Waals surface area contributed by atoms with E-state index in [4.69, 9.17) is 0 Å². The zero-order valence-corrected chi connectivity index (χ0v) is 14.3. The molecule has 0 aliphatic rings. The number of nitrogens with zero attached hydrogens (tertiary/aromatic N) is 3. The summed E-state index contributed by atoms with van der Waals surface area (Å²) >= 11 is 0. The van der Waals surface area contributed by atoms with Crippen LogP contribution in [0.1, 0.15) is 45.5 Å². The maximum Gasteiger partial charge on any atom is 0.0624 e. The molecule has 1 unspecified atom stereocenters. The average molecular weight is 280 g/mol. The molecule has 0 saturated heterocycles. The van der Waals surface area contributed by atoms with Gasteiger partial charge in [-0.25, -0.2) is 0 Å². The molecule has 0 aliphatic carbocycles. The second-order valence-electron chi connectivity index (χ2n) is 6.36. The van der Waals surface area contributed by atoms with E-state index in [1.54, 1.807) is 0 Å². The molecule has 0 saturated carbocycles. The Kier molecular flexibility index (Phi) is 6.21. The van der Waals surface area contributed by atoms with Crippen molar-refractivity contribution in [2.24, 2.45) is 7.05 Å². The number of rotatable bonds is 8. The third kappa shape index (κ3) is 4.06. The molecule has 1 aromatic heterocycles. The molecule has 1 heterocycles. The van der Waals surface area contributed by atoms with Crippen LogP contribution in [0.15, 0.2) is 6.07 Å². The molecule has 1 aromatic rings. The van der Waals surface area contributed by atoms with E-state index >= 15 is 0 Å². The lowest BCUT2D eigenvalue weighted by atomic mass is 9.89. The van der Waals surface area contributed by atoms with Crippen LogP contribution in [0.2, 0.25) is 0 Å². The van der Waals surface area contributed by atoms with E-state index in [-0.39, 0.29) is 5.54 Å². The van der Waals surface area contributed by atoms with Gasteiger partial charge >= 0.3 is 0 Å². The highest BCUT2D eigenvalue weighted by Gasteiger charge is 2.31. The minimum absolute atomic E-state index is 0.103. The standard InChI is InChI=1S/C16H32N4/c1-8-10-17-15(16(3,4)19(5)6)12-14-11-13(9-2)18-20(14)7/h11,15,17H,8-10,12H2,1-7H3. The SMILES string of the molecule is CCCNC(Cc1cc(CC)nn1C)C(C)(C)N(C)C. The number of aryl methyl sites for hydroxylation is 2. The van der Waals surface area contributed by atoms with E-state index in [1.807, 2.05) is 11.7 Å². The van der Waals surface area contributed by atoms with Gasteiger partial charge in [0.05, 0.1) is 5.69 Å². The van der Waals surface area contributed by atoms with Crippen molar-refractivity contribution in [3.05, 3.63) is 17.5 Å². The molecule has 0 bridgehead atoms. The third-order valence-corrected chi connectivity index (χ3v) is 4.45. The van der Waals surface area contributed by atoms with E-state index in [1.165, 1.54) is 11.4 Å². The molecule has 0 radical (unpaired) electrons. The van der Waals surface area contributed by atoms with Gasteiger partial charge in [0.15, 0.2) is 0 Å². The second-order valence-corrected chi connectivity index (χ2v) is 6.36. The van der Waals surface area contributed by atoms with Gasteiger partial charge in [0.25, 0.3) is 0 Å². The Balaban J connectivity index is 2.91. The molecule has 20 heavy (non-hydrogen) atoms. The predicted molar refractivity (Wildman–Crippen MR) is 86.1 cm³/mol. The average Bonchev–Trinajstić information content (AvgIpc) is 2.74. The van der Waals surface area contributed by atoms with Crippen molar-refractivity contribution < 1.29 is 0 Å². The zero-order valence-electron chi connectivity index (χ0n) is 14.3. The van der Waals surface area contributed by atoms with Crippen LogP contribution in [0.25, 0.3) is 0 Å². The van der Waals surface area contributed by atoms with Gasteiger partial charge in [-0.2, -0.15) is 5.10 Å². The molecule has 0 fully saturated rings. The topological polar surface area (TPSA) is 33.1 Å². The van der Waals surface area contributed by atoms with Gasteiger partial charge in [0.2, 0.25) is 0 Å². The quantitative estimate of drug-likeness (QED) is 0.793. The van der Waals surface area contributed by atoms with Crippen LogP contribution >= 0.6 is 0 Å². The first kappa shape index (κ1) is 17.2. The lowest BCUT2D eigenvalue weighted by Gasteiger charge is -2.41. The minimum atomic E-state index is 0.103. The Morgan fingerprint density at radius 1 is 1.35 bits per heavy atom. The molecule has 1 N–H and O–H groups in total. The van der Waals surface area contributed by atoms with Crippen LogP contribution < -0.4 is 5.32 Å². The van der Waals surface area contributed by atoms with Crippen LogP contribution in [0.3, 0.4) is 0 Å². The van der Waals surface area contributed by atoms with Crippen LogP contribution in [0, 0.1) is 0 Å². The number of likely N-dealkylation sites (N-methyl/N-ethyl adjacent to an activating group) is 1. The van der Waals surface area contributed by atoms with Crippen molar-refractivity contribution in [3.63, 3.8) is 0 Å². The van der Waals surface area contributed by atoms with Gasteiger partial charge in [-0.1, -0.05) is 13.8 Å². The summed E-state index contributed by atoms with van der Waals surface area (Å²) in [5.74, 6) is 0. The molecule has 4 nitrogen and oxygen atoms in total. The molecule has 1 rings (SSSR count). The zero-order chi connectivity index (χ0) is 15.3. The Hall–Kier alpha value is -0.870. The van der Waals surface area contributed by atoms with Crippen molar-refractivity contribution in [2.75, 3.05) is 20.6 Å². The van der Waals surface area contributed by atoms with E-state index < -0.39 is 0 Å². The van der Waals surface area contributed by atoms with Crippen LogP contribution in [0.5, 0.6) is 0 Å². The van der Waals surface area contributed by atoms with Crippen molar-refractivity contribution in [1.29, 1.82) is 0 Å². The fraction of sp³-hybridized carbons (Fsp3) is 0.812. The summed E-state index contributed by atoms with van der Waals surface area (Å²) < 4.78 is 2.03. The Morgan fingerprint density at radius 2 is 2.00 bits per heavy atom.